The maximum Gasteiger partial charge on any atom is 0.170 e. The van der Waals surface area contributed by atoms with Crippen LogP contribution in [0.3, 0.4) is 0 Å². The minimum atomic E-state index is 0.0169. The van der Waals surface area contributed by atoms with Crippen molar-refractivity contribution in [2.24, 2.45) is 0 Å². The van der Waals surface area contributed by atoms with Gasteiger partial charge in [0, 0.05) is 49.6 Å². The van der Waals surface area contributed by atoms with Crippen LogP contribution < -0.4 is 5.32 Å². The van der Waals surface area contributed by atoms with Crippen molar-refractivity contribution in [3.05, 3.63) is 83.2 Å². The molecule has 3 aromatic rings. The molecule has 0 aliphatic carbocycles. The predicted molar refractivity (Wildman–Crippen MR) is 128 cm³/mol. The van der Waals surface area contributed by atoms with Crippen molar-refractivity contribution >= 4 is 17.3 Å². The molecule has 2 atom stereocenters. The minimum absolute atomic E-state index is 0.0169. The molecule has 0 radical (unpaired) electrons. The summed E-state index contributed by atoms with van der Waals surface area (Å²) in [5.41, 5.74) is 6.00. The molecular formula is C24H30N6S. The summed E-state index contributed by atoms with van der Waals surface area (Å²) in [6.45, 7) is 6.98. The van der Waals surface area contributed by atoms with Crippen LogP contribution >= 0.6 is 12.2 Å². The van der Waals surface area contributed by atoms with E-state index in [1.165, 1.54) is 22.5 Å². The summed E-state index contributed by atoms with van der Waals surface area (Å²) in [5.74, 6) is 0. The number of rotatable bonds is 7. The van der Waals surface area contributed by atoms with E-state index in [0.29, 0.717) is 0 Å². The third kappa shape index (κ3) is 4.48. The van der Waals surface area contributed by atoms with Crippen LogP contribution in [0.5, 0.6) is 0 Å². The molecule has 6 nitrogen and oxygen atoms in total. The van der Waals surface area contributed by atoms with Gasteiger partial charge < -0.3 is 19.7 Å². The number of thiocarbonyl (C=S) groups is 1. The van der Waals surface area contributed by atoms with E-state index in [-0.39, 0.29) is 12.1 Å². The van der Waals surface area contributed by atoms with Crippen LogP contribution in [0.15, 0.2) is 55.0 Å². The lowest BCUT2D eigenvalue weighted by Gasteiger charge is -2.29. The Bertz CT molecular complexity index is 1030. The number of likely N-dealkylation sites (N-methyl/N-ethyl adjacent to an activating group) is 1. The van der Waals surface area contributed by atoms with Gasteiger partial charge in [0.1, 0.15) is 0 Å². The molecule has 1 aliphatic rings. The molecule has 3 aromatic heterocycles. The minimum Gasteiger partial charge on any atom is -0.352 e. The molecule has 4 rings (SSSR count). The number of nitrogens with zero attached hydrogens (tertiary/aromatic N) is 5. The summed E-state index contributed by atoms with van der Waals surface area (Å²) >= 11 is 5.79. The third-order valence-corrected chi connectivity index (χ3v) is 6.33. The number of hydrogen-bond acceptors (Lipinski definition) is 4. The fraction of sp³-hybridized carbons (Fsp3) is 0.375. The Morgan fingerprint density at radius 1 is 1.13 bits per heavy atom. The number of aromatic nitrogens is 3. The number of aryl methyl sites for hydroxylation is 1. The second kappa shape index (κ2) is 9.16. The standard InChI is InChI=1S/C24H30N6S/c1-17-14-20(18(2)30(17)16-19-8-7-10-25-15-19)23-22(21-9-5-6-11-26-21)27-24(31)29(23)13-12-28(3)4/h5-11,14-15,22-23H,12-13,16H2,1-4H3,(H,27,31)/t22-,23+/m0/s1. The van der Waals surface area contributed by atoms with Gasteiger partial charge in [-0.1, -0.05) is 12.1 Å². The largest absolute Gasteiger partial charge is 0.352 e. The summed E-state index contributed by atoms with van der Waals surface area (Å²) in [4.78, 5) is 13.4. The van der Waals surface area contributed by atoms with E-state index in [0.717, 1.165) is 30.4 Å². The molecule has 0 unspecified atom stereocenters. The second-order valence-electron chi connectivity index (χ2n) is 8.40. The van der Waals surface area contributed by atoms with Crippen molar-refractivity contribution in [2.45, 2.75) is 32.5 Å². The molecule has 0 aromatic carbocycles. The van der Waals surface area contributed by atoms with Crippen LogP contribution in [0.2, 0.25) is 0 Å². The quantitative estimate of drug-likeness (QED) is 0.575. The van der Waals surface area contributed by atoms with Crippen LogP contribution in [-0.4, -0.2) is 56.6 Å². The average molecular weight is 435 g/mol. The molecule has 0 saturated carbocycles. The molecule has 4 heterocycles. The van der Waals surface area contributed by atoms with Crippen molar-refractivity contribution in [2.75, 3.05) is 27.2 Å². The topological polar surface area (TPSA) is 49.2 Å². The van der Waals surface area contributed by atoms with Crippen molar-refractivity contribution in [1.82, 2.24) is 29.7 Å². The summed E-state index contributed by atoms with van der Waals surface area (Å²) in [5, 5.41) is 4.35. The summed E-state index contributed by atoms with van der Waals surface area (Å²) in [6.07, 6.45) is 5.60. The van der Waals surface area contributed by atoms with E-state index < -0.39 is 0 Å². The molecule has 1 fully saturated rings. The highest BCUT2D eigenvalue weighted by molar-refractivity contribution is 7.80. The monoisotopic (exact) mass is 434 g/mol. The fourth-order valence-corrected chi connectivity index (χ4v) is 4.67. The Morgan fingerprint density at radius 3 is 2.65 bits per heavy atom. The zero-order valence-electron chi connectivity index (χ0n) is 18.6. The first-order chi connectivity index (χ1) is 15.0. The van der Waals surface area contributed by atoms with E-state index in [2.05, 4.69) is 75.8 Å². The van der Waals surface area contributed by atoms with Gasteiger partial charge in [0.2, 0.25) is 0 Å². The smallest absolute Gasteiger partial charge is 0.170 e. The molecule has 1 N–H and O–H groups in total. The molecule has 1 saturated heterocycles. The Hall–Kier alpha value is -2.77. The predicted octanol–water partition coefficient (Wildman–Crippen LogP) is 3.48. The SMILES string of the molecule is Cc1cc([C@@H]2[C@H](c3ccccn3)NC(=S)N2CCN(C)C)c(C)n1Cc1cccnc1. The Balaban J connectivity index is 1.73. The third-order valence-electron chi connectivity index (χ3n) is 5.98. The van der Waals surface area contributed by atoms with Gasteiger partial charge in [-0.05, 0) is 75.6 Å². The van der Waals surface area contributed by atoms with Crippen LogP contribution in [0.4, 0.5) is 0 Å². The lowest BCUT2D eigenvalue weighted by Crippen LogP contribution is -2.35. The first kappa shape index (κ1) is 21.5. The van der Waals surface area contributed by atoms with Gasteiger partial charge in [0.15, 0.2) is 5.11 Å². The van der Waals surface area contributed by atoms with E-state index in [1.54, 1.807) is 0 Å². The summed E-state index contributed by atoms with van der Waals surface area (Å²) in [7, 11) is 4.19. The lowest BCUT2D eigenvalue weighted by atomic mass is 9.97. The molecule has 1 aliphatic heterocycles. The van der Waals surface area contributed by atoms with E-state index in [9.17, 15) is 0 Å². The number of pyridine rings is 2. The van der Waals surface area contributed by atoms with Gasteiger partial charge in [-0.15, -0.1) is 0 Å². The fourth-order valence-electron chi connectivity index (χ4n) is 4.34. The zero-order chi connectivity index (χ0) is 22.0. The first-order valence-electron chi connectivity index (χ1n) is 10.6. The molecule has 7 heteroatoms. The van der Waals surface area contributed by atoms with Crippen LogP contribution in [-0.2, 0) is 6.54 Å². The summed E-state index contributed by atoms with van der Waals surface area (Å²) in [6, 6.07) is 12.6. The normalized spacial score (nSPS) is 18.6. The zero-order valence-corrected chi connectivity index (χ0v) is 19.4. The van der Waals surface area contributed by atoms with E-state index >= 15 is 0 Å². The highest BCUT2D eigenvalue weighted by atomic mass is 32.1. The van der Waals surface area contributed by atoms with Crippen molar-refractivity contribution in [1.29, 1.82) is 0 Å². The number of nitrogens with one attached hydrogen (secondary N) is 1. The molecular weight excluding hydrogens is 404 g/mol. The van der Waals surface area contributed by atoms with Crippen LogP contribution in [0.1, 0.15) is 40.3 Å². The molecule has 162 valence electrons. The Kier molecular flexibility index (Phi) is 6.34. The van der Waals surface area contributed by atoms with Gasteiger partial charge in [-0.3, -0.25) is 9.97 Å². The van der Waals surface area contributed by atoms with Gasteiger partial charge in [-0.25, -0.2) is 0 Å². The average Bonchev–Trinajstić information content (AvgIpc) is 3.24. The second-order valence-corrected chi connectivity index (χ2v) is 8.78. The maximum absolute atomic E-state index is 5.79. The number of hydrogen-bond donors (Lipinski definition) is 1. The highest BCUT2D eigenvalue weighted by Crippen LogP contribution is 2.40. The lowest BCUT2D eigenvalue weighted by molar-refractivity contribution is 0.277. The van der Waals surface area contributed by atoms with Gasteiger partial charge >= 0.3 is 0 Å². The Morgan fingerprint density at radius 2 is 1.97 bits per heavy atom. The van der Waals surface area contributed by atoms with E-state index in [4.69, 9.17) is 12.2 Å². The summed E-state index contributed by atoms with van der Waals surface area (Å²) < 4.78 is 2.37. The molecule has 31 heavy (non-hydrogen) atoms. The van der Waals surface area contributed by atoms with Crippen molar-refractivity contribution in [3.63, 3.8) is 0 Å². The van der Waals surface area contributed by atoms with Gasteiger partial charge in [0.05, 0.1) is 17.8 Å². The van der Waals surface area contributed by atoms with Crippen LogP contribution in [0, 0.1) is 13.8 Å². The highest BCUT2D eigenvalue weighted by Gasteiger charge is 2.41. The first-order valence-corrected chi connectivity index (χ1v) is 11.0. The molecule has 0 bridgehead atoms. The van der Waals surface area contributed by atoms with Crippen molar-refractivity contribution < 1.29 is 0 Å². The van der Waals surface area contributed by atoms with E-state index in [1.807, 2.05) is 36.8 Å². The van der Waals surface area contributed by atoms with Gasteiger partial charge in [0.25, 0.3) is 0 Å². The molecule has 0 amide bonds. The Labute approximate surface area is 189 Å². The van der Waals surface area contributed by atoms with Gasteiger partial charge in [-0.2, -0.15) is 0 Å². The van der Waals surface area contributed by atoms with Crippen molar-refractivity contribution in [3.8, 4) is 0 Å². The van der Waals surface area contributed by atoms with Crippen LogP contribution in [0.25, 0.3) is 0 Å². The molecule has 0 spiro atoms. The maximum atomic E-state index is 5.79.